The van der Waals surface area contributed by atoms with E-state index in [1.165, 1.54) is 11.1 Å². The van der Waals surface area contributed by atoms with Gasteiger partial charge in [0, 0.05) is 18.5 Å². The zero-order valence-electron chi connectivity index (χ0n) is 14.7. The number of hydrogen-bond donors (Lipinski definition) is 1. The van der Waals surface area contributed by atoms with Crippen LogP contribution in [-0.2, 0) is 17.6 Å². The van der Waals surface area contributed by atoms with E-state index in [-0.39, 0.29) is 18.7 Å². The topological polar surface area (TPSA) is 56.8 Å². The number of carbonyl (C=O) groups excluding carboxylic acids is 1. The normalized spacial score (nSPS) is 15.6. The van der Waals surface area contributed by atoms with Crippen LogP contribution >= 0.6 is 0 Å². The fraction of sp³-hybridized carbons (Fsp3) is 0.286. The van der Waals surface area contributed by atoms with Crippen LogP contribution in [0.2, 0.25) is 0 Å². The molecule has 134 valence electrons. The summed E-state index contributed by atoms with van der Waals surface area (Å²) in [7, 11) is 0. The molecule has 0 saturated heterocycles. The van der Waals surface area contributed by atoms with Gasteiger partial charge < -0.3 is 19.5 Å². The maximum Gasteiger partial charge on any atom is 0.244 e. The van der Waals surface area contributed by atoms with Gasteiger partial charge in [0.05, 0.1) is 6.61 Å². The first-order valence-electron chi connectivity index (χ1n) is 8.80. The van der Waals surface area contributed by atoms with Gasteiger partial charge in [-0.3, -0.25) is 4.79 Å². The average molecular weight is 351 g/mol. The van der Waals surface area contributed by atoms with Crippen molar-refractivity contribution in [1.29, 1.82) is 0 Å². The third kappa shape index (κ3) is 3.67. The van der Waals surface area contributed by atoms with E-state index in [1.54, 1.807) is 12.2 Å². The fourth-order valence-corrected chi connectivity index (χ4v) is 3.25. The molecule has 1 unspecified atom stereocenters. The first-order valence-corrected chi connectivity index (χ1v) is 8.80. The third-order valence-corrected chi connectivity index (χ3v) is 4.51. The Morgan fingerprint density at radius 2 is 1.96 bits per heavy atom. The van der Waals surface area contributed by atoms with Crippen molar-refractivity contribution in [3.63, 3.8) is 0 Å². The van der Waals surface area contributed by atoms with Crippen LogP contribution < -0.4 is 19.5 Å². The van der Waals surface area contributed by atoms with Crippen LogP contribution in [-0.4, -0.2) is 25.3 Å². The van der Waals surface area contributed by atoms with Crippen molar-refractivity contribution in [2.75, 3.05) is 13.4 Å². The van der Waals surface area contributed by atoms with Crippen molar-refractivity contribution in [3.8, 4) is 17.2 Å². The molecular weight excluding hydrogens is 330 g/mol. The Morgan fingerprint density at radius 3 is 2.88 bits per heavy atom. The van der Waals surface area contributed by atoms with Crippen LogP contribution in [0.1, 0.15) is 23.6 Å². The predicted molar refractivity (Wildman–Crippen MR) is 98.5 cm³/mol. The summed E-state index contributed by atoms with van der Waals surface area (Å²) in [6.07, 6.45) is 5.07. The summed E-state index contributed by atoms with van der Waals surface area (Å²) < 4.78 is 16.2. The van der Waals surface area contributed by atoms with Crippen molar-refractivity contribution < 1.29 is 19.0 Å². The molecular formula is C21H21NO4. The van der Waals surface area contributed by atoms with Crippen LogP contribution in [0, 0.1) is 0 Å². The number of hydrogen-bond acceptors (Lipinski definition) is 4. The molecule has 1 amide bonds. The van der Waals surface area contributed by atoms with E-state index >= 15 is 0 Å². The van der Waals surface area contributed by atoms with Gasteiger partial charge in [-0.15, -0.1) is 0 Å². The maximum absolute atomic E-state index is 12.2. The van der Waals surface area contributed by atoms with Crippen molar-refractivity contribution in [2.45, 2.75) is 25.8 Å². The lowest BCUT2D eigenvalue weighted by Gasteiger charge is -2.13. The molecule has 1 atom stereocenters. The van der Waals surface area contributed by atoms with Crippen molar-refractivity contribution >= 4 is 12.0 Å². The Bertz CT molecular complexity index is 859. The number of amides is 1. The van der Waals surface area contributed by atoms with E-state index in [9.17, 15) is 4.79 Å². The molecule has 0 aliphatic carbocycles. The quantitative estimate of drug-likeness (QED) is 0.841. The molecule has 2 aromatic carbocycles. The van der Waals surface area contributed by atoms with Crippen LogP contribution in [0.5, 0.6) is 17.2 Å². The van der Waals surface area contributed by atoms with Gasteiger partial charge in [0.25, 0.3) is 0 Å². The van der Waals surface area contributed by atoms with Crippen molar-refractivity contribution in [2.24, 2.45) is 0 Å². The number of rotatable bonds is 5. The lowest BCUT2D eigenvalue weighted by Crippen LogP contribution is -2.32. The lowest BCUT2D eigenvalue weighted by molar-refractivity contribution is -0.117. The lowest BCUT2D eigenvalue weighted by atomic mass is 10.0. The summed E-state index contributed by atoms with van der Waals surface area (Å²) >= 11 is 0. The molecule has 5 nitrogen and oxygen atoms in total. The van der Waals surface area contributed by atoms with E-state index in [2.05, 4.69) is 17.4 Å². The van der Waals surface area contributed by atoms with E-state index in [4.69, 9.17) is 14.2 Å². The van der Waals surface area contributed by atoms with Gasteiger partial charge in [-0.25, -0.2) is 0 Å². The molecule has 2 aliphatic heterocycles. The van der Waals surface area contributed by atoms with Gasteiger partial charge in [0.1, 0.15) is 5.75 Å². The fourth-order valence-electron chi connectivity index (χ4n) is 3.25. The zero-order chi connectivity index (χ0) is 17.9. The molecule has 1 N–H and O–H groups in total. The summed E-state index contributed by atoms with van der Waals surface area (Å²) in [5.74, 6) is 2.32. The van der Waals surface area contributed by atoms with Gasteiger partial charge in [-0.2, -0.15) is 0 Å². The average Bonchev–Trinajstić information content (AvgIpc) is 3.27. The third-order valence-electron chi connectivity index (χ3n) is 4.51. The highest BCUT2D eigenvalue weighted by Crippen LogP contribution is 2.32. The highest BCUT2D eigenvalue weighted by atomic mass is 16.7. The second-order valence-corrected chi connectivity index (χ2v) is 6.60. The van der Waals surface area contributed by atoms with Gasteiger partial charge >= 0.3 is 0 Å². The Kier molecular flexibility index (Phi) is 4.52. The van der Waals surface area contributed by atoms with Gasteiger partial charge in [0.15, 0.2) is 11.5 Å². The summed E-state index contributed by atoms with van der Waals surface area (Å²) in [6.45, 7) is 3.01. The Morgan fingerprint density at radius 1 is 1.12 bits per heavy atom. The number of fused-ring (bicyclic) bond motifs is 2. The molecule has 5 heteroatoms. The summed E-state index contributed by atoms with van der Waals surface area (Å²) in [5.41, 5.74) is 3.36. The first-order chi connectivity index (χ1) is 12.7. The molecule has 0 bridgehead atoms. The second-order valence-electron chi connectivity index (χ2n) is 6.60. The summed E-state index contributed by atoms with van der Waals surface area (Å²) in [6, 6.07) is 11.9. The number of nitrogens with one attached hydrogen (secondary N) is 1. The second kappa shape index (κ2) is 7.12. The zero-order valence-corrected chi connectivity index (χ0v) is 14.7. The molecule has 0 saturated carbocycles. The van der Waals surface area contributed by atoms with E-state index in [1.807, 2.05) is 31.2 Å². The van der Waals surface area contributed by atoms with Crippen molar-refractivity contribution in [3.05, 3.63) is 59.2 Å². The van der Waals surface area contributed by atoms with E-state index in [0.29, 0.717) is 5.75 Å². The maximum atomic E-state index is 12.2. The van der Waals surface area contributed by atoms with Gasteiger partial charge in [-0.05, 0) is 54.3 Å². The Labute approximate surface area is 152 Å². The summed E-state index contributed by atoms with van der Waals surface area (Å²) in [5, 5.41) is 3.01. The van der Waals surface area contributed by atoms with Crippen LogP contribution in [0.15, 0.2) is 42.5 Å². The highest BCUT2D eigenvalue weighted by Gasteiger charge is 2.14. The molecule has 26 heavy (non-hydrogen) atoms. The van der Waals surface area contributed by atoms with Crippen LogP contribution in [0.25, 0.3) is 6.08 Å². The first kappa shape index (κ1) is 16.5. The monoisotopic (exact) mass is 351 g/mol. The molecule has 0 radical (unpaired) electrons. The standard InChI is InChI=1S/C21H21NO4/c1-14(10-16-3-5-18-17(11-16)8-9-24-18)22-21(23)7-4-15-2-6-19-20(12-15)26-13-25-19/h2-7,11-12,14H,8-10,13H2,1H3,(H,22,23)/b7-4+. The molecule has 0 aromatic heterocycles. The van der Waals surface area contributed by atoms with Gasteiger partial charge in [0.2, 0.25) is 12.7 Å². The van der Waals surface area contributed by atoms with E-state index < -0.39 is 0 Å². The molecule has 0 fully saturated rings. The summed E-state index contributed by atoms with van der Waals surface area (Å²) in [4.78, 5) is 12.2. The van der Waals surface area contributed by atoms with Crippen molar-refractivity contribution in [1.82, 2.24) is 5.32 Å². The smallest absolute Gasteiger partial charge is 0.244 e. The Balaban J connectivity index is 1.32. The molecule has 2 aromatic rings. The highest BCUT2D eigenvalue weighted by molar-refractivity contribution is 5.92. The minimum absolute atomic E-state index is 0.0456. The minimum Gasteiger partial charge on any atom is -0.493 e. The van der Waals surface area contributed by atoms with Crippen LogP contribution in [0.3, 0.4) is 0 Å². The van der Waals surface area contributed by atoms with Gasteiger partial charge in [-0.1, -0.05) is 18.2 Å². The number of carbonyl (C=O) groups is 1. The Hall–Kier alpha value is -2.95. The molecule has 2 heterocycles. The van der Waals surface area contributed by atoms with Crippen LogP contribution in [0.4, 0.5) is 0 Å². The predicted octanol–water partition coefficient (Wildman–Crippen LogP) is 3.11. The largest absolute Gasteiger partial charge is 0.493 e. The SMILES string of the molecule is CC(Cc1ccc2c(c1)CCO2)NC(=O)/C=C/c1ccc2c(c1)OCO2. The van der Waals surface area contributed by atoms with E-state index in [0.717, 1.165) is 36.5 Å². The number of benzene rings is 2. The molecule has 2 aliphatic rings. The minimum atomic E-state index is -0.111. The molecule has 4 rings (SSSR count). The number of ether oxygens (including phenoxy) is 3. The molecule has 0 spiro atoms.